The molecule has 0 aromatic heterocycles. The number of rotatable bonds is 2. The standard InChI is InChI=1S/C14H25NO/c1-12-4-3-5-14(7-6-12)11-15-8-9-16-13(2)10-15/h13-14H,1,3-11H2,2H3/t13-,14?/m0/s1. The Labute approximate surface area is 99.7 Å². The van der Waals surface area contributed by atoms with Gasteiger partial charge in [-0.25, -0.2) is 0 Å². The van der Waals surface area contributed by atoms with Crippen LogP contribution in [0.2, 0.25) is 0 Å². The molecule has 0 amide bonds. The molecule has 0 N–H and O–H groups in total. The highest BCUT2D eigenvalue weighted by atomic mass is 16.5. The van der Waals surface area contributed by atoms with Crippen LogP contribution in [-0.4, -0.2) is 37.2 Å². The van der Waals surface area contributed by atoms with Crippen LogP contribution in [0.1, 0.15) is 39.0 Å². The fraction of sp³-hybridized carbons (Fsp3) is 0.857. The lowest BCUT2D eigenvalue weighted by atomic mass is 9.99. The predicted octanol–water partition coefficient (Wildman–Crippen LogP) is 2.84. The van der Waals surface area contributed by atoms with Crippen LogP contribution in [0, 0.1) is 5.92 Å². The van der Waals surface area contributed by atoms with Crippen molar-refractivity contribution in [2.24, 2.45) is 5.92 Å². The van der Waals surface area contributed by atoms with E-state index in [2.05, 4.69) is 18.4 Å². The minimum Gasteiger partial charge on any atom is -0.376 e. The topological polar surface area (TPSA) is 12.5 Å². The van der Waals surface area contributed by atoms with Crippen molar-refractivity contribution in [3.63, 3.8) is 0 Å². The normalized spacial score (nSPS) is 33.7. The number of morpholine rings is 1. The second-order valence-electron chi connectivity index (χ2n) is 5.49. The van der Waals surface area contributed by atoms with Crippen LogP contribution < -0.4 is 0 Å². The number of hydrogen-bond donors (Lipinski definition) is 0. The maximum atomic E-state index is 5.58. The van der Waals surface area contributed by atoms with Gasteiger partial charge in [0.2, 0.25) is 0 Å². The maximum Gasteiger partial charge on any atom is 0.0674 e. The fourth-order valence-corrected chi connectivity index (χ4v) is 2.92. The molecule has 1 aliphatic heterocycles. The van der Waals surface area contributed by atoms with Gasteiger partial charge in [-0.2, -0.15) is 0 Å². The highest BCUT2D eigenvalue weighted by molar-refractivity contribution is 4.96. The third-order valence-electron chi connectivity index (χ3n) is 3.89. The van der Waals surface area contributed by atoms with Gasteiger partial charge in [0.15, 0.2) is 0 Å². The molecule has 0 aromatic carbocycles. The molecule has 1 heterocycles. The van der Waals surface area contributed by atoms with E-state index in [9.17, 15) is 0 Å². The Morgan fingerprint density at radius 3 is 3.06 bits per heavy atom. The van der Waals surface area contributed by atoms with Crippen molar-refractivity contribution in [2.75, 3.05) is 26.2 Å². The van der Waals surface area contributed by atoms with E-state index in [0.29, 0.717) is 6.10 Å². The van der Waals surface area contributed by atoms with Gasteiger partial charge < -0.3 is 4.74 Å². The summed E-state index contributed by atoms with van der Waals surface area (Å²) in [5.41, 5.74) is 1.47. The molecular weight excluding hydrogens is 198 g/mol. The first-order valence-corrected chi connectivity index (χ1v) is 6.74. The highest BCUT2D eigenvalue weighted by Crippen LogP contribution is 2.26. The summed E-state index contributed by atoms with van der Waals surface area (Å²) in [6.45, 7) is 10.8. The van der Waals surface area contributed by atoms with Crippen LogP contribution in [-0.2, 0) is 4.74 Å². The van der Waals surface area contributed by atoms with Crippen molar-refractivity contribution >= 4 is 0 Å². The number of hydrogen-bond acceptors (Lipinski definition) is 2. The first kappa shape index (κ1) is 12.1. The van der Waals surface area contributed by atoms with Crippen LogP contribution in [0.15, 0.2) is 12.2 Å². The zero-order valence-electron chi connectivity index (χ0n) is 10.6. The second kappa shape index (κ2) is 5.83. The van der Waals surface area contributed by atoms with Crippen molar-refractivity contribution in [3.05, 3.63) is 12.2 Å². The van der Waals surface area contributed by atoms with E-state index in [4.69, 9.17) is 4.74 Å². The summed E-state index contributed by atoms with van der Waals surface area (Å²) in [6, 6.07) is 0. The monoisotopic (exact) mass is 223 g/mol. The Kier molecular flexibility index (Phi) is 4.42. The van der Waals surface area contributed by atoms with E-state index >= 15 is 0 Å². The third-order valence-corrected chi connectivity index (χ3v) is 3.89. The van der Waals surface area contributed by atoms with Crippen molar-refractivity contribution in [3.8, 4) is 0 Å². The highest BCUT2D eigenvalue weighted by Gasteiger charge is 2.21. The van der Waals surface area contributed by atoms with Gasteiger partial charge >= 0.3 is 0 Å². The molecular formula is C14H25NO. The lowest BCUT2D eigenvalue weighted by Crippen LogP contribution is -2.43. The molecule has 2 atom stereocenters. The Hall–Kier alpha value is -0.340. The minimum atomic E-state index is 0.425. The predicted molar refractivity (Wildman–Crippen MR) is 67.6 cm³/mol. The summed E-state index contributed by atoms with van der Waals surface area (Å²) in [4.78, 5) is 2.59. The van der Waals surface area contributed by atoms with Crippen molar-refractivity contribution in [1.82, 2.24) is 4.90 Å². The van der Waals surface area contributed by atoms with Crippen LogP contribution in [0.25, 0.3) is 0 Å². The maximum absolute atomic E-state index is 5.58. The van der Waals surface area contributed by atoms with E-state index in [0.717, 1.165) is 25.6 Å². The van der Waals surface area contributed by atoms with E-state index < -0.39 is 0 Å². The van der Waals surface area contributed by atoms with Crippen LogP contribution >= 0.6 is 0 Å². The summed E-state index contributed by atoms with van der Waals surface area (Å²) in [5, 5.41) is 0. The Morgan fingerprint density at radius 2 is 2.25 bits per heavy atom. The molecule has 0 bridgehead atoms. The van der Waals surface area contributed by atoms with Crippen LogP contribution in [0.4, 0.5) is 0 Å². The van der Waals surface area contributed by atoms with Gasteiger partial charge in [0.05, 0.1) is 12.7 Å². The van der Waals surface area contributed by atoms with Gasteiger partial charge in [-0.05, 0) is 44.9 Å². The molecule has 2 nitrogen and oxygen atoms in total. The number of ether oxygens (including phenoxy) is 1. The molecule has 2 heteroatoms. The smallest absolute Gasteiger partial charge is 0.0674 e. The number of nitrogens with zero attached hydrogens (tertiary/aromatic N) is 1. The number of allylic oxidation sites excluding steroid dienone is 1. The molecule has 2 rings (SSSR count). The molecule has 0 spiro atoms. The van der Waals surface area contributed by atoms with Gasteiger partial charge in [-0.3, -0.25) is 4.90 Å². The molecule has 1 saturated carbocycles. The molecule has 16 heavy (non-hydrogen) atoms. The summed E-state index contributed by atoms with van der Waals surface area (Å²) < 4.78 is 5.58. The van der Waals surface area contributed by atoms with Gasteiger partial charge in [-0.15, -0.1) is 0 Å². The quantitative estimate of drug-likeness (QED) is 0.527. The molecule has 0 radical (unpaired) electrons. The van der Waals surface area contributed by atoms with Crippen molar-refractivity contribution in [1.29, 1.82) is 0 Å². The molecule has 92 valence electrons. The Balaban J connectivity index is 1.77. The summed E-state index contributed by atoms with van der Waals surface area (Å²) in [6.07, 6.45) is 7.04. The van der Waals surface area contributed by atoms with Gasteiger partial charge in [0, 0.05) is 19.6 Å². The summed E-state index contributed by atoms with van der Waals surface area (Å²) >= 11 is 0. The zero-order valence-corrected chi connectivity index (χ0v) is 10.6. The fourth-order valence-electron chi connectivity index (χ4n) is 2.92. The van der Waals surface area contributed by atoms with Crippen LogP contribution in [0.3, 0.4) is 0 Å². The molecule has 1 saturated heterocycles. The molecule has 2 aliphatic rings. The van der Waals surface area contributed by atoms with E-state index in [1.807, 2.05) is 0 Å². The van der Waals surface area contributed by atoms with E-state index in [1.165, 1.54) is 44.2 Å². The Bertz CT molecular complexity index is 239. The van der Waals surface area contributed by atoms with E-state index in [1.54, 1.807) is 0 Å². The van der Waals surface area contributed by atoms with Gasteiger partial charge in [-0.1, -0.05) is 12.2 Å². The summed E-state index contributed by atoms with van der Waals surface area (Å²) in [5.74, 6) is 0.893. The molecule has 1 unspecified atom stereocenters. The van der Waals surface area contributed by atoms with Crippen molar-refractivity contribution < 1.29 is 4.74 Å². The van der Waals surface area contributed by atoms with Gasteiger partial charge in [0.25, 0.3) is 0 Å². The molecule has 1 aliphatic carbocycles. The lowest BCUT2D eigenvalue weighted by molar-refractivity contribution is -0.0236. The third kappa shape index (κ3) is 3.60. The zero-order chi connectivity index (χ0) is 11.4. The lowest BCUT2D eigenvalue weighted by Gasteiger charge is -2.33. The summed E-state index contributed by atoms with van der Waals surface area (Å²) in [7, 11) is 0. The average molecular weight is 223 g/mol. The van der Waals surface area contributed by atoms with E-state index in [-0.39, 0.29) is 0 Å². The van der Waals surface area contributed by atoms with Crippen molar-refractivity contribution in [2.45, 2.75) is 45.1 Å². The first-order chi connectivity index (χ1) is 7.74. The SMILES string of the molecule is C=C1CCCC(CN2CCO[C@@H](C)C2)CC1. The van der Waals surface area contributed by atoms with Gasteiger partial charge in [0.1, 0.15) is 0 Å². The Morgan fingerprint density at radius 1 is 1.38 bits per heavy atom. The average Bonchev–Trinajstić information content (AvgIpc) is 2.44. The molecule has 0 aromatic rings. The second-order valence-corrected chi connectivity index (χ2v) is 5.49. The van der Waals surface area contributed by atoms with Crippen LogP contribution in [0.5, 0.6) is 0 Å². The first-order valence-electron chi connectivity index (χ1n) is 6.74. The minimum absolute atomic E-state index is 0.425. The molecule has 2 fully saturated rings. The largest absolute Gasteiger partial charge is 0.376 e.